The van der Waals surface area contributed by atoms with Gasteiger partial charge in [-0.15, -0.1) is 0 Å². The lowest BCUT2D eigenvalue weighted by Crippen LogP contribution is -2.34. The van der Waals surface area contributed by atoms with E-state index in [2.05, 4.69) is 29.3 Å². The highest BCUT2D eigenvalue weighted by atomic mass is 16.3. The number of hydrogen-bond acceptors (Lipinski definition) is 4. The van der Waals surface area contributed by atoms with Crippen molar-refractivity contribution in [2.75, 3.05) is 25.5 Å². The normalized spacial score (nSPS) is 22.8. The van der Waals surface area contributed by atoms with E-state index in [1.807, 2.05) is 25.2 Å². The Kier molecular flexibility index (Phi) is 4.08. The van der Waals surface area contributed by atoms with E-state index < -0.39 is 0 Å². The molecule has 2 heterocycles. The number of anilines is 1. The molecule has 112 valence electrons. The van der Waals surface area contributed by atoms with Gasteiger partial charge in [0.15, 0.2) is 0 Å². The standard InChI is InChI=1S/C17H23N3O/c1-12-7-8-20(16(12)11-21)10-14-9-13-5-3-4-6-15(13)19-17(14)18-2/h3-6,9,12,16,21H,7-8,10-11H2,1-2H3,(H,18,19). The highest BCUT2D eigenvalue weighted by molar-refractivity contribution is 5.81. The minimum absolute atomic E-state index is 0.233. The predicted octanol–water partition coefficient (Wildman–Crippen LogP) is 2.48. The molecular formula is C17H23N3O. The van der Waals surface area contributed by atoms with Crippen LogP contribution in [0.15, 0.2) is 30.3 Å². The maximum absolute atomic E-state index is 9.61. The zero-order valence-electron chi connectivity index (χ0n) is 12.7. The van der Waals surface area contributed by atoms with Gasteiger partial charge in [0.25, 0.3) is 0 Å². The summed E-state index contributed by atoms with van der Waals surface area (Å²) >= 11 is 0. The lowest BCUT2D eigenvalue weighted by atomic mass is 10.0. The topological polar surface area (TPSA) is 48.4 Å². The number of nitrogens with one attached hydrogen (secondary N) is 1. The third kappa shape index (κ3) is 2.74. The Bertz CT molecular complexity index is 628. The lowest BCUT2D eigenvalue weighted by molar-refractivity contribution is 0.134. The summed E-state index contributed by atoms with van der Waals surface area (Å²) in [5.41, 5.74) is 2.21. The van der Waals surface area contributed by atoms with Crippen LogP contribution in [0.25, 0.3) is 10.9 Å². The van der Waals surface area contributed by atoms with E-state index in [4.69, 9.17) is 4.98 Å². The van der Waals surface area contributed by atoms with Crippen LogP contribution in [0.1, 0.15) is 18.9 Å². The van der Waals surface area contributed by atoms with Gasteiger partial charge in [0.1, 0.15) is 5.82 Å². The smallest absolute Gasteiger partial charge is 0.130 e. The summed E-state index contributed by atoms with van der Waals surface area (Å²) in [5, 5.41) is 14.0. The number of rotatable bonds is 4. The highest BCUT2D eigenvalue weighted by Crippen LogP contribution is 2.28. The van der Waals surface area contributed by atoms with Gasteiger partial charge >= 0.3 is 0 Å². The monoisotopic (exact) mass is 285 g/mol. The van der Waals surface area contributed by atoms with Crippen LogP contribution in [0.3, 0.4) is 0 Å². The van der Waals surface area contributed by atoms with Gasteiger partial charge in [-0.2, -0.15) is 0 Å². The van der Waals surface area contributed by atoms with Crippen LogP contribution in [0.5, 0.6) is 0 Å². The van der Waals surface area contributed by atoms with Gasteiger partial charge in [-0.05, 0) is 31.0 Å². The molecule has 2 aromatic rings. The SMILES string of the molecule is CNc1nc2ccccc2cc1CN1CCC(C)C1CO. The van der Waals surface area contributed by atoms with Crippen molar-refractivity contribution in [2.45, 2.75) is 25.9 Å². The number of nitrogens with zero attached hydrogens (tertiary/aromatic N) is 2. The number of aliphatic hydroxyl groups excluding tert-OH is 1. The van der Waals surface area contributed by atoms with E-state index in [-0.39, 0.29) is 12.6 Å². The second kappa shape index (κ2) is 6.00. The molecule has 0 saturated carbocycles. The summed E-state index contributed by atoms with van der Waals surface area (Å²) in [6.07, 6.45) is 1.15. The number of para-hydroxylation sites is 1. The maximum Gasteiger partial charge on any atom is 0.130 e. The van der Waals surface area contributed by atoms with Gasteiger partial charge in [0.05, 0.1) is 12.1 Å². The molecule has 1 aromatic carbocycles. The first-order valence-corrected chi connectivity index (χ1v) is 7.64. The predicted molar refractivity (Wildman–Crippen MR) is 86.4 cm³/mol. The summed E-state index contributed by atoms with van der Waals surface area (Å²) in [4.78, 5) is 7.08. The number of aromatic nitrogens is 1. The molecule has 1 saturated heterocycles. The quantitative estimate of drug-likeness (QED) is 0.906. The minimum atomic E-state index is 0.233. The summed E-state index contributed by atoms with van der Waals surface area (Å²) in [6.45, 7) is 4.33. The fraction of sp³-hybridized carbons (Fsp3) is 0.471. The van der Waals surface area contributed by atoms with Crippen molar-refractivity contribution in [3.05, 3.63) is 35.9 Å². The van der Waals surface area contributed by atoms with Gasteiger partial charge < -0.3 is 10.4 Å². The van der Waals surface area contributed by atoms with Crippen molar-refractivity contribution < 1.29 is 5.11 Å². The van der Waals surface area contributed by atoms with E-state index in [0.29, 0.717) is 5.92 Å². The minimum Gasteiger partial charge on any atom is -0.395 e. The lowest BCUT2D eigenvalue weighted by Gasteiger charge is -2.25. The Labute approximate surface area is 125 Å². The molecule has 0 spiro atoms. The fourth-order valence-electron chi connectivity index (χ4n) is 3.29. The van der Waals surface area contributed by atoms with Crippen molar-refractivity contribution >= 4 is 16.7 Å². The van der Waals surface area contributed by atoms with Crippen LogP contribution in [0, 0.1) is 5.92 Å². The van der Waals surface area contributed by atoms with Gasteiger partial charge in [-0.3, -0.25) is 4.90 Å². The van der Waals surface area contributed by atoms with E-state index in [1.165, 1.54) is 10.9 Å². The first-order valence-electron chi connectivity index (χ1n) is 7.64. The molecule has 0 amide bonds. The van der Waals surface area contributed by atoms with Crippen molar-refractivity contribution in [3.8, 4) is 0 Å². The summed E-state index contributed by atoms with van der Waals surface area (Å²) in [5.74, 6) is 1.49. The van der Waals surface area contributed by atoms with Crippen LogP contribution >= 0.6 is 0 Å². The zero-order chi connectivity index (χ0) is 14.8. The average Bonchev–Trinajstić information content (AvgIpc) is 2.86. The van der Waals surface area contributed by atoms with Crippen LogP contribution in [-0.4, -0.2) is 41.2 Å². The largest absolute Gasteiger partial charge is 0.395 e. The molecule has 4 nitrogen and oxygen atoms in total. The average molecular weight is 285 g/mol. The van der Waals surface area contributed by atoms with E-state index in [1.54, 1.807) is 0 Å². The Morgan fingerprint density at radius 2 is 2.19 bits per heavy atom. The van der Waals surface area contributed by atoms with Crippen LogP contribution in [0.2, 0.25) is 0 Å². The first kappa shape index (κ1) is 14.3. The molecule has 0 radical (unpaired) electrons. The molecule has 1 fully saturated rings. The number of pyridine rings is 1. The molecule has 4 heteroatoms. The third-order valence-electron chi connectivity index (χ3n) is 4.60. The van der Waals surface area contributed by atoms with Crippen molar-refractivity contribution in [2.24, 2.45) is 5.92 Å². The Hall–Kier alpha value is -1.65. The maximum atomic E-state index is 9.61. The van der Waals surface area contributed by atoms with Gasteiger partial charge in [-0.25, -0.2) is 4.98 Å². The Morgan fingerprint density at radius 3 is 2.95 bits per heavy atom. The molecule has 2 N–H and O–H groups in total. The summed E-state index contributed by atoms with van der Waals surface area (Å²) in [7, 11) is 1.91. The van der Waals surface area contributed by atoms with Gasteiger partial charge in [-0.1, -0.05) is 25.1 Å². The van der Waals surface area contributed by atoms with Crippen LogP contribution in [0.4, 0.5) is 5.82 Å². The number of fused-ring (bicyclic) bond motifs is 1. The first-order chi connectivity index (χ1) is 10.2. The molecule has 2 unspecified atom stereocenters. The number of likely N-dealkylation sites (tertiary alicyclic amines) is 1. The van der Waals surface area contributed by atoms with Crippen molar-refractivity contribution in [1.82, 2.24) is 9.88 Å². The molecule has 0 aliphatic carbocycles. The Morgan fingerprint density at radius 1 is 1.38 bits per heavy atom. The summed E-state index contributed by atoms with van der Waals surface area (Å²) in [6, 6.07) is 10.7. The number of benzene rings is 1. The molecule has 2 atom stereocenters. The molecule has 1 aliphatic rings. The molecule has 1 aliphatic heterocycles. The zero-order valence-corrected chi connectivity index (χ0v) is 12.7. The molecule has 1 aromatic heterocycles. The van der Waals surface area contributed by atoms with Crippen molar-refractivity contribution in [3.63, 3.8) is 0 Å². The Balaban J connectivity index is 1.92. The fourth-order valence-corrected chi connectivity index (χ4v) is 3.29. The third-order valence-corrected chi connectivity index (χ3v) is 4.60. The molecule has 3 rings (SSSR count). The molecular weight excluding hydrogens is 262 g/mol. The van der Waals surface area contributed by atoms with E-state index in [0.717, 1.165) is 30.8 Å². The van der Waals surface area contributed by atoms with Crippen LogP contribution in [-0.2, 0) is 6.54 Å². The van der Waals surface area contributed by atoms with E-state index >= 15 is 0 Å². The van der Waals surface area contributed by atoms with Crippen LogP contribution < -0.4 is 5.32 Å². The molecule has 0 bridgehead atoms. The number of aliphatic hydroxyl groups is 1. The van der Waals surface area contributed by atoms with Crippen molar-refractivity contribution in [1.29, 1.82) is 0 Å². The highest BCUT2D eigenvalue weighted by Gasteiger charge is 2.30. The second-order valence-electron chi connectivity index (χ2n) is 5.93. The summed E-state index contributed by atoms with van der Waals surface area (Å²) < 4.78 is 0. The van der Waals surface area contributed by atoms with E-state index in [9.17, 15) is 5.11 Å². The molecule has 21 heavy (non-hydrogen) atoms. The number of hydrogen-bond donors (Lipinski definition) is 2. The second-order valence-corrected chi connectivity index (χ2v) is 5.93. The van der Waals surface area contributed by atoms with Gasteiger partial charge in [0, 0.05) is 30.6 Å². The van der Waals surface area contributed by atoms with Gasteiger partial charge in [0.2, 0.25) is 0 Å².